The normalized spacial score (nSPS) is 24.6. The van der Waals surface area contributed by atoms with E-state index in [1.54, 1.807) is 0 Å². The van der Waals surface area contributed by atoms with Crippen molar-refractivity contribution in [2.24, 2.45) is 5.92 Å². The highest BCUT2D eigenvalue weighted by atomic mass is 35.5. The van der Waals surface area contributed by atoms with Crippen molar-refractivity contribution in [2.45, 2.75) is 18.8 Å². The van der Waals surface area contributed by atoms with Gasteiger partial charge in [0.05, 0.1) is 5.92 Å². The molecule has 1 aliphatic carbocycles. The Labute approximate surface area is 87.3 Å². The van der Waals surface area contributed by atoms with E-state index in [1.807, 2.05) is 18.2 Å². The maximum Gasteiger partial charge on any atom is 0.232 e. The summed E-state index contributed by atoms with van der Waals surface area (Å²) in [5.41, 5.74) is 2.03. The Morgan fingerprint density at radius 3 is 2.86 bits per heavy atom. The summed E-state index contributed by atoms with van der Waals surface area (Å²) in [6, 6.07) is 5.62. The molecule has 2 aliphatic rings. The zero-order chi connectivity index (χ0) is 9.71. The van der Waals surface area contributed by atoms with Gasteiger partial charge in [0.15, 0.2) is 0 Å². The van der Waals surface area contributed by atoms with Crippen LogP contribution in [0.2, 0.25) is 5.02 Å². The smallest absolute Gasteiger partial charge is 0.232 e. The third-order valence-corrected chi connectivity index (χ3v) is 3.22. The molecule has 1 fully saturated rings. The van der Waals surface area contributed by atoms with E-state index in [1.165, 1.54) is 12.8 Å². The van der Waals surface area contributed by atoms with E-state index in [4.69, 9.17) is 11.6 Å². The zero-order valence-corrected chi connectivity index (χ0v) is 8.34. The molecule has 0 spiro atoms. The quantitative estimate of drug-likeness (QED) is 0.754. The van der Waals surface area contributed by atoms with E-state index in [9.17, 15) is 4.79 Å². The Bertz CT molecular complexity index is 412. The second-order valence-corrected chi connectivity index (χ2v) is 4.47. The second-order valence-electron chi connectivity index (χ2n) is 4.04. The fourth-order valence-electron chi connectivity index (χ4n) is 2.15. The molecule has 3 rings (SSSR count). The van der Waals surface area contributed by atoms with Crippen LogP contribution < -0.4 is 5.32 Å². The SMILES string of the molecule is O=C1Nc2ccc(Cl)cc2C1C1CC1. The fourth-order valence-corrected chi connectivity index (χ4v) is 2.33. The average molecular weight is 208 g/mol. The van der Waals surface area contributed by atoms with Gasteiger partial charge in [-0.25, -0.2) is 0 Å². The first-order chi connectivity index (χ1) is 6.75. The van der Waals surface area contributed by atoms with Crippen LogP contribution in [0, 0.1) is 5.92 Å². The number of hydrogen-bond donors (Lipinski definition) is 1. The monoisotopic (exact) mass is 207 g/mol. The van der Waals surface area contributed by atoms with Crippen LogP contribution >= 0.6 is 11.6 Å². The van der Waals surface area contributed by atoms with Crippen molar-refractivity contribution in [1.29, 1.82) is 0 Å². The lowest BCUT2D eigenvalue weighted by atomic mass is 9.96. The topological polar surface area (TPSA) is 29.1 Å². The predicted octanol–water partition coefficient (Wildman–Crippen LogP) is 2.79. The number of amides is 1. The lowest BCUT2D eigenvalue weighted by Gasteiger charge is -2.05. The number of anilines is 1. The molecule has 0 radical (unpaired) electrons. The summed E-state index contributed by atoms with van der Waals surface area (Å²) in [6.07, 6.45) is 2.34. The maximum absolute atomic E-state index is 11.7. The minimum atomic E-state index is 0.0590. The predicted molar refractivity (Wildman–Crippen MR) is 55.5 cm³/mol. The molecule has 1 atom stereocenters. The van der Waals surface area contributed by atoms with Gasteiger partial charge < -0.3 is 5.32 Å². The van der Waals surface area contributed by atoms with Gasteiger partial charge in [0, 0.05) is 10.7 Å². The van der Waals surface area contributed by atoms with Crippen LogP contribution in [0.5, 0.6) is 0 Å². The Morgan fingerprint density at radius 2 is 2.14 bits per heavy atom. The molecule has 1 aromatic rings. The van der Waals surface area contributed by atoms with Crippen LogP contribution in [0.3, 0.4) is 0 Å². The van der Waals surface area contributed by atoms with Crippen LogP contribution in [-0.4, -0.2) is 5.91 Å². The van der Waals surface area contributed by atoms with Gasteiger partial charge in [0.25, 0.3) is 0 Å². The van der Waals surface area contributed by atoms with Crippen LogP contribution in [0.1, 0.15) is 24.3 Å². The summed E-state index contributed by atoms with van der Waals surface area (Å²) in [7, 11) is 0. The third-order valence-electron chi connectivity index (χ3n) is 2.98. The molecule has 1 saturated carbocycles. The number of carbonyl (C=O) groups excluding carboxylic acids is 1. The summed E-state index contributed by atoms with van der Waals surface area (Å²) in [5.74, 6) is 0.753. The molecular formula is C11H10ClNO. The van der Waals surface area contributed by atoms with Gasteiger partial charge >= 0.3 is 0 Å². The molecule has 1 aliphatic heterocycles. The summed E-state index contributed by atoms with van der Waals surface area (Å²) in [4.78, 5) is 11.7. The van der Waals surface area contributed by atoms with Gasteiger partial charge in [0.1, 0.15) is 0 Å². The van der Waals surface area contributed by atoms with Crippen molar-refractivity contribution < 1.29 is 4.79 Å². The first-order valence-electron chi connectivity index (χ1n) is 4.86. The summed E-state index contributed by atoms with van der Waals surface area (Å²) in [5, 5.41) is 3.61. The average Bonchev–Trinajstić information content (AvgIpc) is 2.90. The number of hydrogen-bond acceptors (Lipinski definition) is 1. The number of rotatable bonds is 1. The van der Waals surface area contributed by atoms with Gasteiger partial charge in [-0.05, 0) is 42.5 Å². The molecule has 0 saturated heterocycles. The van der Waals surface area contributed by atoms with Gasteiger partial charge in [-0.15, -0.1) is 0 Å². The first kappa shape index (κ1) is 8.30. The zero-order valence-electron chi connectivity index (χ0n) is 7.59. The van der Waals surface area contributed by atoms with Crippen LogP contribution in [0.4, 0.5) is 5.69 Å². The lowest BCUT2D eigenvalue weighted by molar-refractivity contribution is -0.117. The molecule has 72 valence electrons. The Balaban J connectivity index is 2.09. The van der Waals surface area contributed by atoms with E-state index < -0.39 is 0 Å². The summed E-state index contributed by atoms with van der Waals surface area (Å²) < 4.78 is 0. The van der Waals surface area contributed by atoms with Crippen LogP contribution in [-0.2, 0) is 4.79 Å². The standard InChI is InChI=1S/C11H10ClNO/c12-7-3-4-9-8(5-7)10(6-1-2-6)11(14)13-9/h3-6,10H,1-2H2,(H,13,14). The van der Waals surface area contributed by atoms with Crippen LogP contribution in [0.25, 0.3) is 0 Å². The molecule has 0 aromatic heterocycles. The van der Waals surface area contributed by atoms with E-state index in [0.29, 0.717) is 10.9 Å². The minimum Gasteiger partial charge on any atom is -0.325 e. The number of fused-ring (bicyclic) bond motifs is 1. The van der Waals surface area contributed by atoms with E-state index >= 15 is 0 Å². The number of benzene rings is 1. The molecule has 1 N–H and O–H groups in total. The molecule has 14 heavy (non-hydrogen) atoms. The van der Waals surface area contributed by atoms with E-state index in [-0.39, 0.29) is 11.8 Å². The Morgan fingerprint density at radius 1 is 1.36 bits per heavy atom. The highest BCUT2D eigenvalue weighted by Gasteiger charge is 2.42. The van der Waals surface area contributed by atoms with E-state index in [0.717, 1.165) is 11.3 Å². The van der Waals surface area contributed by atoms with Crippen molar-refractivity contribution in [3.05, 3.63) is 28.8 Å². The number of carbonyl (C=O) groups is 1. The molecule has 1 unspecified atom stereocenters. The molecule has 2 nitrogen and oxygen atoms in total. The van der Waals surface area contributed by atoms with Gasteiger partial charge in [0.2, 0.25) is 5.91 Å². The number of halogens is 1. The molecule has 1 amide bonds. The number of nitrogens with one attached hydrogen (secondary N) is 1. The first-order valence-corrected chi connectivity index (χ1v) is 5.24. The third kappa shape index (κ3) is 1.14. The highest BCUT2D eigenvalue weighted by molar-refractivity contribution is 6.31. The maximum atomic E-state index is 11.7. The van der Waals surface area contributed by atoms with Gasteiger partial charge in [-0.3, -0.25) is 4.79 Å². The van der Waals surface area contributed by atoms with Gasteiger partial charge in [-0.2, -0.15) is 0 Å². The van der Waals surface area contributed by atoms with Crippen molar-refractivity contribution >= 4 is 23.2 Å². The lowest BCUT2D eigenvalue weighted by Crippen LogP contribution is -2.13. The van der Waals surface area contributed by atoms with Crippen LogP contribution in [0.15, 0.2) is 18.2 Å². The van der Waals surface area contributed by atoms with Gasteiger partial charge in [-0.1, -0.05) is 11.6 Å². The van der Waals surface area contributed by atoms with Crippen molar-refractivity contribution in [3.8, 4) is 0 Å². The summed E-state index contributed by atoms with van der Waals surface area (Å²) >= 11 is 5.92. The van der Waals surface area contributed by atoms with E-state index in [2.05, 4.69) is 5.32 Å². The highest BCUT2D eigenvalue weighted by Crippen LogP contribution is 2.48. The fraction of sp³-hybridized carbons (Fsp3) is 0.364. The second kappa shape index (κ2) is 2.74. The Kier molecular flexibility index (Phi) is 1.62. The Hall–Kier alpha value is -1.02. The van der Waals surface area contributed by atoms with Crippen molar-refractivity contribution in [3.63, 3.8) is 0 Å². The molecule has 0 bridgehead atoms. The molecule has 1 heterocycles. The molecule has 3 heteroatoms. The largest absolute Gasteiger partial charge is 0.325 e. The summed E-state index contributed by atoms with van der Waals surface area (Å²) in [6.45, 7) is 0. The van der Waals surface area contributed by atoms with Crippen molar-refractivity contribution in [1.82, 2.24) is 0 Å². The minimum absolute atomic E-state index is 0.0590. The van der Waals surface area contributed by atoms with Crippen molar-refractivity contribution in [2.75, 3.05) is 5.32 Å². The molecule has 1 aromatic carbocycles. The molecular weight excluding hydrogens is 198 g/mol.